The summed E-state index contributed by atoms with van der Waals surface area (Å²) >= 11 is 1.71. The molecule has 3 aromatic rings. The minimum atomic E-state index is 0.0948. The van der Waals surface area contributed by atoms with E-state index < -0.39 is 0 Å². The van der Waals surface area contributed by atoms with Gasteiger partial charge in [-0.05, 0) is 55.7 Å². The molecule has 5 heteroatoms. The second kappa shape index (κ2) is 7.69. The molecule has 1 atom stereocenters. The highest BCUT2D eigenvalue weighted by Gasteiger charge is 2.32. The Morgan fingerprint density at radius 1 is 1.22 bits per heavy atom. The van der Waals surface area contributed by atoms with Gasteiger partial charge >= 0.3 is 0 Å². The molecule has 4 rings (SSSR count). The number of amides is 1. The SMILES string of the molecule is CCCN(C)c1ccc(C(=O)N2CCCC2c2nc3ccccc3s2)cc1. The highest BCUT2D eigenvalue weighted by Crippen LogP contribution is 2.37. The lowest BCUT2D eigenvalue weighted by molar-refractivity contribution is 0.0735. The molecule has 0 spiro atoms. The van der Waals surface area contributed by atoms with E-state index in [9.17, 15) is 4.79 Å². The molecule has 4 nitrogen and oxygen atoms in total. The molecule has 1 unspecified atom stereocenters. The Labute approximate surface area is 164 Å². The minimum absolute atomic E-state index is 0.0948. The number of benzene rings is 2. The first kappa shape index (κ1) is 18.0. The molecule has 1 aliphatic heterocycles. The molecule has 1 saturated heterocycles. The standard InChI is InChI=1S/C22H25N3OS/c1-3-14-24(2)17-12-10-16(11-13-17)22(26)25-15-6-8-19(25)21-23-18-7-4-5-9-20(18)27-21/h4-5,7,9-13,19H,3,6,8,14-15H2,1-2H3. The third kappa shape index (κ3) is 3.56. The van der Waals surface area contributed by atoms with Crippen molar-refractivity contribution in [2.45, 2.75) is 32.2 Å². The zero-order valence-electron chi connectivity index (χ0n) is 15.9. The Morgan fingerprint density at radius 3 is 2.74 bits per heavy atom. The summed E-state index contributed by atoms with van der Waals surface area (Å²) in [6, 6.07) is 16.3. The molecule has 1 aromatic heterocycles. The fourth-order valence-electron chi connectivity index (χ4n) is 3.79. The Kier molecular flexibility index (Phi) is 5.12. The fraction of sp³-hybridized carbons (Fsp3) is 0.364. The molecule has 1 aliphatic rings. The van der Waals surface area contributed by atoms with Crippen molar-refractivity contribution in [3.05, 3.63) is 59.1 Å². The summed E-state index contributed by atoms with van der Waals surface area (Å²) in [6.07, 6.45) is 3.13. The number of likely N-dealkylation sites (tertiary alicyclic amines) is 1. The first-order valence-electron chi connectivity index (χ1n) is 9.65. The van der Waals surface area contributed by atoms with Crippen LogP contribution in [0.1, 0.15) is 47.6 Å². The number of fused-ring (bicyclic) bond motifs is 1. The van der Waals surface area contributed by atoms with E-state index in [-0.39, 0.29) is 11.9 Å². The van der Waals surface area contributed by atoms with Gasteiger partial charge in [-0.15, -0.1) is 11.3 Å². The van der Waals surface area contributed by atoms with E-state index in [1.807, 2.05) is 47.4 Å². The van der Waals surface area contributed by atoms with Gasteiger partial charge in [0.15, 0.2) is 0 Å². The van der Waals surface area contributed by atoms with Crippen LogP contribution < -0.4 is 4.90 Å². The first-order valence-corrected chi connectivity index (χ1v) is 10.5. The van der Waals surface area contributed by atoms with Gasteiger partial charge in [-0.1, -0.05) is 19.1 Å². The van der Waals surface area contributed by atoms with Gasteiger partial charge in [-0.25, -0.2) is 4.98 Å². The normalized spacial score (nSPS) is 16.8. The molecule has 1 amide bonds. The third-order valence-corrected chi connectivity index (χ3v) is 6.36. The van der Waals surface area contributed by atoms with Crippen LogP contribution in [-0.2, 0) is 0 Å². The largest absolute Gasteiger partial charge is 0.375 e. The average Bonchev–Trinajstić information content (AvgIpc) is 3.34. The molecular weight excluding hydrogens is 354 g/mol. The number of aromatic nitrogens is 1. The molecule has 0 saturated carbocycles. The molecule has 1 fully saturated rings. The van der Waals surface area contributed by atoms with Gasteiger partial charge in [0, 0.05) is 31.4 Å². The predicted molar refractivity (Wildman–Crippen MR) is 113 cm³/mol. The van der Waals surface area contributed by atoms with E-state index in [0.29, 0.717) is 0 Å². The summed E-state index contributed by atoms with van der Waals surface area (Å²) in [5, 5.41) is 1.06. The lowest BCUT2D eigenvalue weighted by atomic mass is 10.1. The van der Waals surface area contributed by atoms with Crippen molar-refractivity contribution in [2.75, 3.05) is 25.0 Å². The van der Waals surface area contributed by atoms with Crippen LogP contribution in [0.5, 0.6) is 0 Å². The van der Waals surface area contributed by atoms with Crippen molar-refractivity contribution in [2.24, 2.45) is 0 Å². The molecule has 140 valence electrons. The molecule has 0 radical (unpaired) electrons. The summed E-state index contributed by atoms with van der Waals surface area (Å²) in [4.78, 5) is 22.2. The van der Waals surface area contributed by atoms with E-state index in [1.54, 1.807) is 11.3 Å². The maximum absolute atomic E-state index is 13.1. The summed E-state index contributed by atoms with van der Waals surface area (Å²) in [5.74, 6) is 0.112. The quantitative estimate of drug-likeness (QED) is 0.617. The second-order valence-electron chi connectivity index (χ2n) is 7.14. The van der Waals surface area contributed by atoms with Crippen LogP contribution in [0, 0.1) is 0 Å². The average molecular weight is 380 g/mol. The van der Waals surface area contributed by atoms with Gasteiger partial charge in [0.2, 0.25) is 0 Å². The number of carbonyl (C=O) groups excluding carboxylic acids is 1. The highest BCUT2D eigenvalue weighted by atomic mass is 32.1. The molecule has 27 heavy (non-hydrogen) atoms. The van der Waals surface area contributed by atoms with Crippen molar-refractivity contribution in [3.8, 4) is 0 Å². The van der Waals surface area contributed by atoms with Gasteiger partial charge in [-0.2, -0.15) is 0 Å². The number of nitrogens with zero attached hydrogens (tertiary/aromatic N) is 3. The number of hydrogen-bond acceptors (Lipinski definition) is 4. The van der Waals surface area contributed by atoms with E-state index in [1.165, 1.54) is 4.70 Å². The number of anilines is 1. The zero-order valence-corrected chi connectivity index (χ0v) is 16.7. The van der Waals surface area contributed by atoms with Crippen LogP contribution >= 0.6 is 11.3 Å². The second-order valence-corrected chi connectivity index (χ2v) is 8.21. The number of para-hydroxylation sites is 1. The molecule has 2 heterocycles. The molecule has 2 aromatic carbocycles. The lowest BCUT2D eigenvalue weighted by Crippen LogP contribution is -2.30. The summed E-state index contributed by atoms with van der Waals surface area (Å²) in [5.41, 5.74) is 2.94. The van der Waals surface area contributed by atoms with Crippen LogP contribution in [0.4, 0.5) is 5.69 Å². The van der Waals surface area contributed by atoms with Crippen LogP contribution in [0.15, 0.2) is 48.5 Å². The van der Waals surface area contributed by atoms with Crippen LogP contribution in [0.2, 0.25) is 0 Å². The minimum Gasteiger partial charge on any atom is -0.375 e. The zero-order chi connectivity index (χ0) is 18.8. The molecule has 0 aliphatic carbocycles. The third-order valence-electron chi connectivity index (χ3n) is 5.22. The topological polar surface area (TPSA) is 36.4 Å². The van der Waals surface area contributed by atoms with E-state index in [4.69, 9.17) is 4.98 Å². The van der Waals surface area contributed by atoms with Crippen LogP contribution in [0.3, 0.4) is 0 Å². The van der Waals surface area contributed by atoms with Gasteiger partial charge in [-0.3, -0.25) is 4.79 Å². The van der Waals surface area contributed by atoms with Gasteiger partial charge in [0.1, 0.15) is 5.01 Å². The number of carbonyl (C=O) groups is 1. The van der Waals surface area contributed by atoms with E-state index >= 15 is 0 Å². The Hall–Kier alpha value is -2.40. The summed E-state index contributed by atoms with van der Waals surface area (Å²) < 4.78 is 1.19. The number of hydrogen-bond donors (Lipinski definition) is 0. The van der Waals surface area contributed by atoms with Crippen molar-refractivity contribution in [1.29, 1.82) is 0 Å². The van der Waals surface area contributed by atoms with Crippen LogP contribution in [-0.4, -0.2) is 35.9 Å². The van der Waals surface area contributed by atoms with E-state index in [0.717, 1.165) is 54.1 Å². The summed E-state index contributed by atoms with van der Waals surface area (Å²) in [7, 11) is 2.09. The molecular formula is C22H25N3OS. The van der Waals surface area contributed by atoms with Gasteiger partial charge < -0.3 is 9.80 Å². The van der Waals surface area contributed by atoms with Crippen molar-refractivity contribution in [3.63, 3.8) is 0 Å². The Bertz CT molecular complexity index is 901. The predicted octanol–water partition coefficient (Wildman–Crippen LogP) is 5.12. The van der Waals surface area contributed by atoms with Crippen molar-refractivity contribution in [1.82, 2.24) is 9.88 Å². The van der Waals surface area contributed by atoms with Crippen LogP contribution in [0.25, 0.3) is 10.2 Å². The Balaban J connectivity index is 1.55. The maximum Gasteiger partial charge on any atom is 0.254 e. The van der Waals surface area contributed by atoms with Gasteiger partial charge in [0.25, 0.3) is 5.91 Å². The molecule has 0 N–H and O–H groups in total. The number of thiazole rings is 1. The van der Waals surface area contributed by atoms with E-state index in [2.05, 4.69) is 24.9 Å². The smallest absolute Gasteiger partial charge is 0.254 e. The lowest BCUT2D eigenvalue weighted by Gasteiger charge is -2.24. The number of rotatable bonds is 5. The van der Waals surface area contributed by atoms with Crippen molar-refractivity contribution < 1.29 is 4.79 Å². The van der Waals surface area contributed by atoms with Crippen molar-refractivity contribution >= 4 is 33.1 Å². The maximum atomic E-state index is 13.1. The first-order chi connectivity index (χ1) is 13.2. The highest BCUT2D eigenvalue weighted by molar-refractivity contribution is 7.18. The van der Waals surface area contributed by atoms with Gasteiger partial charge in [0.05, 0.1) is 16.3 Å². The Morgan fingerprint density at radius 2 is 2.00 bits per heavy atom. The fourth-order valence-corrected chi connectivity index (χ4v) is 4.90. The summed E-state index contributed by atoms with van der Waals surface area (Å²) in [6.45, 7) is 3.99. The monoisotopic (exact) mass is 379 g/mol. The molecule has 0 bridgehead atoms.